The van der Waals surface area contributed by atoms with E-state index < -0.39 is 0 Å². The fourth-order valence-electron chi connectivity index (χ4n) is 1.87. The largest absolute Gasteiger partial charge is 0.379 e. The molecule has 2 N–H and O–H groups in total. The van der Waals surface area contributed by atoms with Gasteiger partial charge in [0.15, 0.2) is 0 Å². The second-order valence-electron chi connectivity index (χ2n) is 3.26. The molecule has 2 fully saturated rings. The Bertz CT molecular complexity index is 115. The van der Waals surface area contributed by atoms with Gasteiger partial charge in [0, 0.05) is 6.54 Å². The van der Waals surface area contributed by atoms with Crippen LogP contribution in [-0.2, 0) is 0 Å². The van der Waals surface area contributed by atoms with Crippen LogP contribution in [0.1, 0.15) is 19.3 Å². The van der Waals surface area contributed by atoms with E-state index in [2.05, 4.69) is 5.32 Å². The van der Waals surface area contributed by atoms with Crippen LogP contribution < -0.4 is 5.32 Å². The number of hydrogen-bond donors (Lipinski definition) is 2. The minimum atomic E-state index is -0.202. The van der Waals surface area contributed by atoms with Gasteiger partial charge in [-0.2, -0.15) is 0 Å². The molecule has 2 heteroatoms. The summed E-state index contributed by atoms with van der Waals surface area (Å²) in [6.45, 7) is 1.05. The van der Waals surface area contributed by atoms with E-state index >= 15 is 0 Å². The quantitative estimate of drug-likeness (QED) is 0.491. The third-order valence-electron chi connectivity index (χ3n) is 2.72. The third kappa shape index (κ3) is 0.864. The molecule has 0 aromatic rings. The summed E-state index contributed by atoms with van der Waals surface area (Å²) < 4.78 is 0. The third-order valence-corrected chi connectivity index (χ3v) is 2.72. The van der Waals surface area contributed by atoms with E-state index in [-0.39, 0.29) is 6.23 Å². The van der Waals surface area contributed by atoms with Gasteiger partial charge >= 0.3 is 0 Å². The molecular weight excluding hydrogens is 114 g/mol. The summed E-state index contributed by atoms with van der Waals surface area (Å²) in [5.41, 5.74) is 0. The van der Waals surface area contributed by atoms with E-state index in [1.54, 1.807) is 0 Å². The Morgan fingerprint density at radius 1 is 1.22 bits per heavy atom. The first kappa shape index (κ1) is 5.69. The maximum absolute atomic E-state index is 9.12. The van der Waals surface area contributed by atoms with Crippen LogP contribution in [0.4, 0.5) is 0 Å². The van der Waals surface area contributed by atoms with Gasteiger partial charge in [-0.15, -0.1) is 0 Å². The summed E-state index contributed by atoms with van der Waals surface area (Å²) in [5.74, 6) is 1.75. The average molecular weight is 127 g/mol. The fraction of sp³-hybridized carbons (Fsp3) is 1.00. The zero-order valence-electron chi connectivity index (χ0n) is 5.51. The standard InChI is InChI=1S/C7H13NO/c9-7-3-5-1-2-6(5)4-8-7/h5-9H,1-4H2. The smallest absolute Gasteiger partial charge is 0.105 e. The number of nitrogens with one attached hydrogen (secondary N) is 1. The first-order chi connectivity index (χ1) is 4.36. The molecule has 1 heterocycles. The minimum Gasteiger partial charge on any atom is -0.379 e. The van der Waals surface area contributed by atoms with Crippen molar-refractivity contribution in [3.8, 4) is 0 Å². The lowest BCUT2D eigenvalue weighted by atomic mass is 9.70. The van der Waals surface area contributed by atoms with Gasteiger partial charge in [0.25, 0.3) is 0 Å². The predicted octanol–water partition coefficient (Wildman–Crippen LogP) is 0.324. The van der Waals surface area contributed by atoms with Gasteiger partial charge in [0.1, 0.15) is 6.23 Å². The van der Waals surface area contributed by atoms with Crippen LogP contribution in [0, 0.1) is 11.8 Å². The molecule has 3 atom stereocenters. The number of aliphatic hydroxyl groups excluding tert-OH is 1. The predicted molar refractivity (Wildman–Crippen MR) is 34.8 cm³/mol. The molecule has 2 aliphatic rings. The van der Waals surface area contributed by atoms with E-state index in [9.17, 15) is 0 Å². The van der Waals surface area contributed by atoms with E-state index in [0.717, 1.165) is 24.8 Å². The van der Waals surface area contributed by atoms with Crippen molar-refractivity contribution in [2.24, 2.45) is 11.8 Å². The van der Waals surface area contributed by atoms with Gasteiger partial charge in [0.2, 0.25) is 0 Å². The van der Waals surface area contributed by atoms with Crippen molar-refractivity contribution < 1.29 is 5.11 Å². The molecule has 0 bridgehead atoms. The second kappa shape index (κ2) is 1.96. The molecule has 3 unspecified atom stereocenters. The maximum atomic E-state index is 9.12. The lowest BCUT2D eigenvalue weighted by Crippen LogP contribution is -2.48. The van der Waals surface area contributed by atoms with Crippen molar-refractivity contribution in [2.75, 3.05) is 6.54 Å². The lowest BCUT2D eigenvalue weighted by molar-refractivity contribution is 0.00864. The Hall–Kier alpha value is -0.0800. The van der Waals surface area contributed by atoms with E-state index in [4.69, 9.17) is 5.11 Å². The normalized spacial score (nSPS) is 49.7. The first-order valence-corrected chi connectivity index (χ1v) is 3.78. The molecule has 9 heavy (non-hydrogen) atoms. The van der Waals surface area contributed by atoms with Crippen LogP contribution in [0.5, 0.6) is 0 Å². The maximum Gasteiger partial charge on any atom is 0.105 e. The highest BCUT2D eigenvalue weighted by atomic mass is 16.3. The zero-order valence-corrected chi connectivity index (χ0v) is 5.51. The number of rotatable bonds is 0. The fourth-order valence-corrected chi connectivity index (χ4v) is 1.87. The molecule has 2 rings (SSSR count). The number of fused-ring (bicyclic) bond motifs is 1. The van der Waals surface area contributed by atoms with Gasteiger partial charge in [-0.25, -0.2) is 0 Å². The van der Waals surface area contributed by atoms with Crippen molar-refractivity contribution >= 4 is 0 Å². The second-order valence-corrected chi connectivity index (χ2v) is 3.26. The molecule has 1 saturated heterocycles. The Morgan fingerprint density at radius 3 is 2.44 bits per heavy atom. The molecule has 2 nitrogen and oxygen atoms in total. The van der Waals surface area contributed by atoms with Gasteiger partial charge in [-0.3, -0.25) is 5.32 Å². The van der Waals surface area contributed by atoms with Crippen molar-refractivity contribution in [1.29, 1.82) is 0 Å². The zero-order chi connectivity index (χ0) is 6.27. The van der Waals surface area contributed by atoms with Gasteiger partial charge in [-0.05, 0) is 31.1 Å². The average Bonchev–Trinajstić information content (AvgIpc) is 1.78. The monoisotopic (exact) mass is 127 g/mol. The van der Waals surface area contributed by atoms with Gasteiger partial charge in [-0.1, -0.05) is 0 Å². The molecule has 0 spiro atoms. The molecule has 0 amide bonds. The van der Waals surface area contributed by atoms with Crippen molar-refractivity contribution in [1.82, 2.24) is 5.32 Å². The topological polar surface area (TPSA) is 32.3 Å². The van der Waals surface area contributed by atoms with Gasteiger partial charge < -0.3 is 5.11 Å². The summed E-state index contributed by atoms with van der Waals surface area (Å²) in [4.78, 5) is 0. The molecule has 52 valence electrons. The Balaban J connectivity index is 1.92. The molecule has 0 aromatic carbocycles. The van der Waals surface area contributed by atoms with Gasteiger partial charge in [0.05, 0.1) is 0 Å². The van der Waals surface area contributed by atoms with Crippen LogP contribution in [0.15, 0.2) is 0 Å². The number of aliphatic hydroxyl groups is 1. The van der Waals surface area contributed by atoms with Crippen LogP contribution in [0.25, 0.3) is 0 Å². The number of hydrogen-bond acceptors (Lipinski definition) is 2. The molecule has 1 aliphatic carbocycles. The lowest BCUT2D eigenvalue weighted by Gasteiger charge is -2.42. The van der Waals surface area contributed by atoms with Crippen LogP contribution in [-0.4, -0.2) is 17.9 Å². The molecular formula is C7H13NO. The molecule has 0 aromatic heterocycles. The Labute approximate surface area is 55.3 Å². The molecule has 1 aliphatic heterocycles. The van der Waals surface area contributed by atoms with Crippen molar-refractivity contribution in [2.45, 2.75) is 25.5 Å². The van der Waals surface area contributed by atoms with Crippen molar-refractivity contribution in [3.05, 3.63) is 0 Å². The summed E-state index contributed by atoms with van der Waals surface area (Å²) in [6, 6.07) is 0. The highest BCUT2D eigenvalue weighted by molar-refractivity contribution is 4.87. The summed E-state index contributed by atoms with van der Waals surface area (Å²) in [6.07, 6.45) is 3.52. The SMILES string of the molecule is OC1CC2CCC2CN1. The molecule has 0 radical (unpaired) electrons. The minimum absolute atomic E-state index is 0.202. The first-order valence-electron chi connectivity index (χ1n) is 3.78. The highest BCUT2D eigenvalue weighted by Gasteiger charge is 2.35. The van der Waals surface area contributed by atoms with E-state index in [1.807, 2.05) is 0 Å². The Morgan fingerprint density at radius 2 is 2.00 bits per heavy atom. The summed E-state index contributed by atoms with van der Waals surface area (Å²) in [7, 11) is 0. The molecule has 1 saturated carbocycles. The van der Waals surface area contributed by atoms with Crippen LogP contribution >= 0.6 is 0 Å². The highest BCUT2D eigenvalue weighted by Crippen LogP contribution is 2.38. The Kier molecular flexibility index (Phi) is 1.24. The van der Waals surface area contributed by atoms with Crippen molar-refractivity contribution in [3.63, 3.8) is 0 Å². The van der Waals surface area contributed by atoms with E-state index in [1.165, 1.54) is 12.8 Å². The van der Waals surface area contributed by atoms with E-state index in [0.29, 0.717) is 0 Å². The summed E-state index contributed by atoms with van der Waals surface area (Å²) in [5, 5.41) is 12.2. The number of piperidine rings is 1. The summed E-state index contributed by atoms with van der Waals surface area (Å²) >= 11 is 0. The van der Waals surface area contributed by atoms with Crippen LogP contribution in [0.2, 0.25) is 0 Å². The van der Waals surface area contributed by atoms with Crippen LogP contribution in [0.3, 0.4) is 0 Å².